The van der Waals surface area contributed by atoms with Crippen LogP contribution in [-0.2, 0) is 0 Å². The van der Waals surface area contributed by atoms with Crippen LogP contribution >= 0.6 is 23.2 Å². The van der Waals surface area contributed by atoms with Gasteiger partial charge >= 0.3 is 0 Å². The Balaban J connectivity index is 1.88. The van der Waals surface area contributed by atoms with E-state index in [1.165, 1.54) is 7.11 Å². The maximum absolute atomic E-state index is 12.6. The minimum atomic E-state index is -0.275. The molecule has 1 aliphatic carbocycles. The van der Waals surface area contributed by atoms with Crippen LogP contribution in [0.5, 0.6) is 5.75 Å². The zero-order chi connectivity index (χ0) is 14.4. The summed E-state index contributed by atoms with van der Waals surface area (Å²) in [6, 6.07) is 3.13. The number of benzene rings is 1. The lowest BCUT2D eigenvalue weighted by atomic mass is 9.74. The third kappa shape index (κ3) is 2.16. The van der Waals surface area contributed by atoms with Crippen molar-refractivity contribution in [2.45, 2.75) is 12.5 Å². The van der Waals surface area contributed by atoms with E-state index < -0.39 is 0 Å². The third-order valence-corrected chi connectivity index (χ3v) is 4.76. The first-order valence-electron chi connectivity index (χ1n) is 6.51. The Labute approximate surface area is 127 Å². The van der Waals surface area contributed by atoms with Crippen LogP contribution in [0.1, 0.15) is 16.8 Å². The summed E-state index contributed by atoms with van der Waals surface area (Å²) in [5.74, 6) is 0.822. The zero-order valence-corrected chi connectivity index (χ0v) is 12.5. The number of rotatable bonds is 2. The van der Waals surface area contributed by atoms with Crippen molar-refractivity contribution in [3.63, 3.8) is 0 Å². The molecule has 1 aromatic rings. The smallest absolute Gasteiger partial charge is 0.257 e. The maximum atomic E-state index is 12.6. The van der Waals surface area contributed by atoms with Crippen LogP contribution in [0.25, 0.3) is 0 Å². The number of carbonyl (C=O) groups is 1. The molecule has 1 heterocycles. The Bertz CT molecular complexity index is 564. The van der Waals surface area contributed by atoms with Gasteiger partial charge in [-0.1, -0.05) is 23.2 Å². The van der Waals surface area contributed by atoms with Gasteiger partial charge in [-0.05, 0) is 24.5 Å². The van der Waals surface area contributed by atoms with E-state index in [0.29, 0.717) is 40.4 Å². The van der Waals surface area contributed by atoms with Crippen LogP contribution in [0, 0.1) is 11.8 Å². The summed E-state index contributed by atoms with van der Waals surface area (Å²) < 4.78 is 5.21. The van der Waals surface area contributed by atoms with Crippen molar-refractivity contribution in [2.75, 3.05) is 20.2 Å². The topological polar surface area (TPSA) is 49.8 Å². The molecule has 108 valence electrons. The summed E-state index contributed by atoms with van der Waals surface area (Å²) in [7, 11) is 1.48. The molecule has 1 aromatic carbocycles. The van der Waals surface area contributed by atoms with Crippen LogP contribution in [0.4, 0.5) is 0 Å². The predicted molar refractivity (Wildman–Crippen MR) is 76.5 cm³/mol. The van der Waals surface area contributed by atoms with E-state index in [4.69, 9.17) is 27.9 Å². The monoisotopic (exact) mass is 315 g/mol. The molecule has 3 rings (SSSR count). The van der Waals surface area contributed by atoms with E-state index in [1.54, 1.807) is 17.0 Å². The standard InChI is InChI=1S/C14H15Cl2NO3/c1-20-13-9(3-8(15)4-11(13)16)14(19)17-5-7-2-12(18)10(7)6-17/h3-4,7,10,12,18H,2,5-6H2,1H3/t7-,10+,12-/m1/s1. The molecule has 1 aliphatic heterocycles. The molecule has 2 fully saturated rings. The number of amides is 1. The Morgan fingerprint density at radius 1 is 1.40 bits per heavy atom. The van der Waals surface area contributed by atoms with Gasteiger partial charge in [0.15, 0.2) is 0 Å². The van der Waals surface area contributed by atoms with Crippen molar-refractivity contribution in [1.29, 1.82) is 0 Å². The molecular formula is C14H15Cl2NO3. The zero-order valence-electron chi connectivity index (χ0n) is 11.0. The molecule has 1 saturated heterocycles. The lowest BCUT2D eigenvalue weighted by Gasteiger charge is -2.34. The van der Waals surface area contributed by atoms with E-state index in [1.807, 2.05) is 0 Å². The number of hydrogen-bond donors (Lipinski definition) is 1. The Morgan fingerprint density at radius 2 is 2.15 bits per heavy atom. The normalized spacial score (nSPS) is 28.0. The minimum absolute atomic E-state index is 0.146. The molecule has 0 bridgehead atoms. The van der Waals surface area contributed by atoms with Crippen LogP contribution in [0.2, 0.25) is 10.0 Å². The largest absolute Gasteiger partial charge is 0.494 e. The second-order valence-electron chi connectivity index (χ2n) is 5.41. The number of carbonyl (C=O) groups excluding carboxylic acids is 1. The molecule has 20 heavy (non-hydrogen) atoms. The number of aliphatic hydroxyl groups excluding tert-OH is 1. The SMILES string of the molecule is COc1c(Cl)cc(Cl)cc1C(=O)N1C[C@H]2C[C@@H](O)[C@H]2C1. The van der Waals surface area contributed by atoms with E-state index in [-0.39, 0.29) is 17.9 Å². The lowest BCUT2D eigenvalue weighted by molar-refractivity contribution is -0.00427. The highest BCUT2D eigenvalue weighted by molar-refractivity contribution is 6.36. The number of methoxy groups -OCH3 is 1. The lowest BCUT2D eigenvalue weighted by Crippen LogP contribution is -2.39. The van der Waals surface area contributed by atoms with E-state index in [2.05, 4.69) is 0 Å². The highest BCUT2D eigenvalue weighted by Gasteiger charge is 2.47. The molecule has 1 saturated carbocycles. The van der Waals surface area contributed by atoms with E-state index >= 15 is 0 Å². The molecule has 3 atom stereocenters. The van der Waals surface area contributed by atoms with Crippen molar-refractivity contribution in [3.8, 4) is 5.75 Å². The van der Waals surface area contributed by atoms with Gasteiger partial charge in [0.1, 0.15) is 5.75 Å². The number of fused-ring (bicyclic) bond motifs is 1. The molecule has 0 aromatic heterocycles. The fraction of sp³-hybridized carbons (Fsp3) is 0.500. The predicted octanol–water partition coefficient (Wildman–Crippen LogP) is 2.45. The molecule has 1 N–H and O–H groups in total. The summed E-state index contributed by atoms with van der Waals surface area (Å²) in [4.78, 5) is 14.3. The number of likely N-dealkylation sites (tertiary alicyclic amines) is 1. The Kier molecular flexibility index (Phi) is 3.56. The van der Waals surface area contributed by atoms with E-state index in [0.717, 1.165) is 6.42 Å². The minimum Gasteiger partial charge on any atom is -0.494 e. The molecule has 1 amide bonds. The quantitative estimate of drug-likeness (QED) is 0.912. The van der Waals surface area contributed by atoms with Crippen LogP contribution in [0.3, 0.4) is 0 Å². The van der Waals surface area contributed by atoms with Gasteiger partial charge < -0.3 is 14.7 Å². The average molecular weight is 316 g/mol. The van der Waals surface area contributed by atoms with Gasteiger partial charge in [-0.25, -0.2) is 0 Å². The van der Waals surface area contributed by atoms with Gasteiger partial charge in [0.25, 0.3) is 5.91 Å². The van der Waals surface area contributed by atoms with Crippen molar-refractivity contribution in [2.24, 2.45) is 11.8 Å². The van der Waals surface area contributed by atoms with Crippen LogP contribution in [-0.4, -0.2) is 42.2 Å². The number of halogens is 2. The van der Waals surface area contributed by atoms with Gasteiger partial charge in [0, 0.05) is 24.0 Å². The molecule has 2 aliphatic rings. The number of nitrogens with zero attached hydrogens (tertiary/aromatic N) is 1. The fourth-order valence-electron chi connectivity index (χ4n) is 3.13. The number of hydrogen-bond acceptors (Lipinski definition) is 3. The summed E-state index contributed by atoms with van der Waals surface area (Å²) in [6.07, 6.45) is 0.504. The van der Waals surface area contributed by atoms with E-state index in [9.17, 15) is 9.90 Å². The number of aliphatic hydroxyl groups is 1. The van der Waals surface area contributed by atoms with Gasteiger partial charge in [-0.3, -0.25) is 4.79 Å². The second kappa shape index (κ2) is 5.10. The molecule has 4 nitrogen and oxygen atoms in total. The van der Waals surface area contributed by atoms with Crippen molar-refractivity contribution >= 4 is 29.1 Å². The molecule has 0 unspecified atom stereocenters. The maximum Gasteiger partial charge on any atom is 0.257 e. The van der Waals surface area contributed by atoms with Gasteiger partial charge in [-0.2, -0.15) is 0 Å². The van der Waals surface area contributed by atoms with Crippen molar-refractivity contribution in [1.82, 2.24) is 4.90 Å². The molecular weight excluding hydrogens is 301 g/mol. The first-order valence-corrected chi connectivity index (χ1v) is 7.27. The Morgan fingerprint density at radius 3 is 2.75 bits per heavy atom. The average Bonchev–Trinajstić information content (AvgIpc) is 2.74. The summed E-state index contributed by atoms with van der Waals surface area (Å²) in [5.41, 5.74) is 0.376. The van der Waals surface area contributed by atoms with Crippen LogP contribution < -0.4 is 4.74 Å². The van der Waals surface area contributed by atoms with Crippen LogP contribution in [0.15, 0.2) is 12.1 Å². The van der Waals surface area contributed by atoms with Gasteiger partial charge in [-0.15, -0.1) is 0 Å². The number of ether oxygens (including phenoxy) is 1. The van der Waals surface area contributed by atoms with Crippen molar-refractivity contribution < 1.29 is 14.6 Å². The van der Waals surface area contributed by atoms with Gasteiger partial charge in [0.2, 0.25) is 0 Å². The summed E-state index contributed by atoms with van der Waals surface area (Å²) in [5, 5.41) is 10.4. The highest BCUT2D eigenvalue weighted by Crippen LogP contribution is 2.42. The third-order valence-electron chi connectivity index (χ3n) is 4.26. The second-order valence-corrected chi connectivity index (χ2v) is 6.25. The fourth-order valence-corrected chi connectivity index (χ4v) is 3.70. The molecule has 6 heteroatoms. The first-order chi connectivity index (χ1) is 9.51. The van der Waals surface area contributed by atoms with Crippen molar-refractivity contribution in [3.05, 3.63) is 27.7 Å². The Hall–Kier alpha value is -0.970. The summed E-state index contributed by atoms with van der Waals surface area (Å²) >= 11 is 12.0. The van der Waals surface area contributed by atoms with Gasteiger partial charge in [0.05, 0.1) is 23.8 Å². The highest BCUT2D eigenvalue weighted by atomic mass is 35.5. The first kappa shape index (κ1) is 14.0. The molecule has 0 spiro atoms. The molecule has 0 radical (unpaired) electrons. The summed E-state index contributed by atoms with van der Waals surface area (Å²) in [6.45, 7) is 1.26.